The van der Waals surface area contributed by atoms with Gasteiger partial charge in [-0.25, -0.2) is 0 Å². The molecule has 0 heterocycles. The number of anilines is 1. The summed E-state index contributed by atoms with van der Waals surface area (Å²) >= 11 is 5.93. The molecule has 0 saturated carbocycles. The van der Waals surface area contributed by atoms with Crippen molar-refractivity contribution in [3.63, 3.8) is 0 Å². The van der Waals surface area contributed by atoms with Crippen molar-refractivity contribution in [3.05, 3.63) is 64.2 Å². The minimum atomic E-state index is -0.273. The molecule has 0 spiro atoms. The first-order valence-electron chi connectivity index (χ1n) is 5.72. The Hall–Kier alpha value is -2.13. The molecule has 96 valence electrons. The molecule has 1 N–H and O–H groups in total. The maximum absolute atomic E-state index is 12.0. The zero-order chi connectivity index (χ0) is 13.8. The highest BCUT2D eigenvalue weighted by atomic mass is 35.5. The molecule has 0 aliphatic heterocycles. The summed E-state index contributed by atoms with van der Waals surface area (Å²) in [5, 5.41) is 3.32. The molecule has 0 unspecified atom stereocenters. The molecular formula is C15H12ClNO2. The van der Waals surface area contributed by atoms with E-state index in [-0.39, 0.29) is 5.91 Å². The third-order valence-corrected chi connectivity index (χ3v) is 2.80. The number of benzene rings is 2. The molecule has 0 aliphatic carbocycles. The second-order valence-electron chi connectivity index (χ2n) is 4.21. The molecule has 1 amide bonds. The van der Waals surface area contributed by atoms with Gasteiger partial charge in [0, 0.05) is 21.8 Å². The summed E-state index contributed by atoms with van der Waals surface area (Å²) in [6, 6.07) is 11.8. The van der Waals surface area contributed by atoms with Crippen LogP contribution in [-0.2, 0) is 0 Å². The molecule has 19 heavy (non-hydrogen) atoms. The molecule has 0 fully saturated rings. The first-order valence-corrected chi connectivity index (χ1v) is 6.10. The van der Waals surface area contributed by atoms with Crippen LogP contribution in [0.15, 0.2) is 42.5 Å². The summed E-state index contributed by atoms with van der Waals surface area (Å²) in [5.74, 6) is -0.273. The van der Waals surface area contributed by atoms with Gasteiger partial charge in [-0.15, -0.1) is 0 Å². The Balaban J connectivity index is 2.22. The van der Waals surface area contributed by atoms with Gasteiger partial charge in [0.25, 0.3) is 5.91 Å². The Bertz CT molecular complexity index is 618. The van der Waals surface area contributed by atoms with E-state index >= 15 is 0 Å². The van der Waals surface area contributed by atoms with E-state index in [0.717, 1.165) is 5.56 Å². The number of nitrogens with one attached hydrogen (secondary N) is 1. The van der Waals surface area contributed by atoms with Crippen LogP contribution in [0.3, 0.4) is 0 Å². The minimum Gasteiger partial charge on any atom is -0.322 e. The van der Waals surface area contributed by atoms with Gasteiger partial charge >= 0.3 is 0 Å². The maximum Gasteiger partial charge on any atom is 0.255 e. The Labute approximate surface area is 116 Å². The van der Waals surface area contributed by atoms with Gasteiger partial charge in [-0.2, -0.15) is 0 Å². The average Bonchev–Trinajstić information content (AvgIpc) is 2.37. The fourth-order valence-corrected chi connectivity index (χ4v) is 2.05. The van der Waals surface area contributed by atoms with Gasteiger partial charge in [-0.1, -0.05) is 23.7 Å². The van der Waals surface area contributed by atoms with Crippen molar-refractivity contribution in [2.24, 2.45) is 0 Å². The minimum absolute atomic E-state index is 0.273. The van der Waals surface area contributed by atoms with Crippen LogP contribution >= 0.6 is 11.6 Å². The normalized spacial score (nSPS) is 10.0. The number of halogens is 1. The summed E-state index contributed by atoms with van der Waals surface area (Å²) in [4.78, 5) is 22.7. The highest BCUT2D eigenvalue weighted by molar-refractivity contribution is 6.31. The molecule has 0 radical (unpaired) electrons. The van der Waals surface area contributed by atoms with Crippen molar-refractivity contribution in [1.29, 1.82) is 0 Å². The van der Waals surface area contributed by atoms with E-state index in [1.807, 2.05) is 19.1 Å². The van der Waals surface area contributed by atoms with Crippen LogP contribution in [0.4, 0.5) is 5.69 Å². The van der Waals surface area contributed by atoms with Crippen molar-refractivity contribution >= 4 is 29.5 Å². The highest BCUT2D eigenvalue weighted by Gasteiger charge is 2.07. The summed E-state index contributed by atoms with van der Waals surface area (Å²) in [6.45, 7) is 1.90. The summed E-state index contributed by atoms with van der Waals surface area (Å²) in [6.07, 6.45) is 0.709. The number of carbonyl (C=O) groups is 2. The molecule has 2 rings (SSSR count). The number of hydrogen-bond donors (Lipinski definition) is 1. The number of rotatable bonds is 3. The zero-order valence-corrected chi connectivity index (χ0v) is 11.1. The Morgan fingerprint density at radius 1 is 1.21 bits per heavy atom. The van der Waals surface area contributed by atoms with Gasteiger partial charge < -0.3 is 5.32 Å². The molecule has 0 aromatic heterocycles. The van der Waals surface area contributed by atoms with Gasteiger partial charge in [0.05, 0.1) is 0 Å². The smallest absolute Gasteiger partial charge is 0.255 e. The van der Waals surface area contributed by atoms with Gasteiger partial charge in [-0.05, 0) is 42.8 Å². The van der Waals surface area contributed by atoms with Gasteiger partial charge in [0.2, 0.25) is 0 Å². The Morgan fingerprint density at radius 3 is 2.68 bits per heavy atom. The van der Waals surface area contributed by atoms with Crippen LogP contribution in [-0.4, -0.2) is 12.2 Å². The number of aldehydes is 1. The third-order valence-electron chi connectivity index (χ3n) is 2.58. The van der Waals surface area contributed by atoms with Crippen molar-refractivity contribution in [2.45, 2.75) is 6.92 Å². The number of amides is 1. The van der Waals surface area contributed by atoms with E-state index in [1.54, 1.807) is 30.3 Å². The zero-order valence-electron chi connectivity index (χ0n) is 10.3. The molecule has 3 nitrogen and oxygen atoms in total. The lowest BCUT2D eigenvalue weighted by atomic mass is 10.1. The van der Waals surface area contributed by atoms with Gasteiger partial charge in [0.15, 0.2) is 0 Å². The predicted octanol–water partition coefficient (Wildman–Crippen LogP) is 3.71. The number of hydrogen-bond acceptors (Lipinski definition) is 2. The molecule has 4 heteroatoms. The van der Waals surface area contributed by atoms with E-state index < -0.39 is 0 Å². The largest absolute Gasteiger partial charge is 0.322 e. The second kappa shape index (κ2) is 5.67. The van der Waals surface area contributed by atoms with E-state index in [2.05, 4.69) is 5.32 Å². The average molecular weight is 274 g/mol. The Morgan fingerprint density at radius 2 is 2.00 bits per heavy atom. The molecule has 0 saturated heterocycles. The molecule has 0 bridgehead atoms. The fraction of sp³-hybridized carbons (Fsp3) is 0.0667. The van der Waals surface area contributed by atoms with Crippen molar-refractivity contribution < 1.29 is 9.59 Å². The van der Waals surface area contributed by atoms with Crippen LogP contribution in [0.2, 0.25) is 5.02 Å². The van der Waals surface area contributed by atoms with Gasteiger partial charge in [0.1, 0.15) is 6.29 Å². The molecule has 0 atom stereocenters. The topological polar surface area (TPSA) is 46.2 Å². The third kappa shape index (κ3) is 3.42. The lowest BCUT2D eigenvalue weighted by Crippen LogP contribution is -2.12. The fourth-order valence-electron chi connectivity index (χ4n) is 1.76. The van der Waals surface area contributed by atoms with Crippen molar-refractivity contribution in [1.82, 2.24) is 0 Å². The summed E-state index contributed by atoms with van der Waals surface area (Å²) in [7, 11) is 0. The molecular weight excluding hydrogens is 262 g/mol. The molecule has 0 aliphatic rings. The lowest BCUT2D eigenvalue weighted by molar-refractivity contribution is 0.102. The van der Waals surface area contributed by atoms with E-state index in [4.69, 9.17) is 11.6 Å². The van der Waals surface area contributed by atoms with Crippen molar-refractivity contribution in [2.75, 3.05) is 5.32 Å². The van der Waals surface area contributed by atoms with E-state index in [1.165, 1.54) is 0 Å². The standard InChI is InChI=1S/C15H12ClNO2/c1-10-5-13(16)8-14(6-10)17-15(19)12-4-2-3-11(7-12)9-18/h2-9H,1H3,(H,17,19). The molecule has 2 aromatic rings. The van der Waals surface area contributed by atoms with Crippen LogP contribution in [0.25, 0.3) is 0 Å². The predicted molar refractivity (Wildman–Crippen MR) is 76.0 cm³/mol. The molecule has 2 aromatic carbocycles. The van der Waals surface area contributed by atoms with E-state index in [0.29, 0.717) is 28.1 Å². The lowest BCUT2D eigenvalue weighted by Gasteiger charge is -2.07. The van der Waals surface area contributed by atoms with Crippen LogP contribution in [0.1, 0.15) is 26.3 Å². The van der Waals surface area contributed by atoms with Crippen LogP contribution < -0.4 is 5.32 Å². The SMILES string of the molecule is Cc1cc(Cl)cc(NC(=O)c2cccc(C=O)c2)c1. The van der Waals surface area contributed by atoms with Crippen LogP contribution in [0, 0.1) is 6.92 Å². The first kappa shape index (κ1) is 13.3. The maximum atomic E-state index is 12.0. The first-order chi connectivity index (χ1) is 9.08. The van der Waals surface area contributed by atoms with Crippen LogP contribution in [0.5, 0.6) is 0 Å². The summed E-state index contributed by atoms with van der Waals surface area (Å²) in [5.41, 5.74) is 2.49. The summed E-state index contributed by atoms with van der Waals surface area (Å²) < 4.78 is 0. The monoisotopic (exact) mass is 273 g/mol. The Kier molecular flexibility index (Phi) is 3.97. The quantitative estimate of drug-likeness (QED) is 0.867. The van der Waals surface area contributed by atoms with Crippen molar-refractivity contribution in [3.8, 4) is 0 Å². The second-order valence-corrected chi connectivity index (χ2v) is 4.65. The highest BCUT2D eigenvalue weighted by Crippen LogP contribution is 2.19. The number of carbonyl (C=O) groups excluding carboxylic acids is 2. The van der Waals surface area contributed by atoms with E-state index in [9.17, 15) is 9.59 Å². The number of aryl methyl sites for hydroxylation is 1. The van der Waals surface area contributed by atoms with Gasteiger partial charge in [-0.3, -0.25) is 9.59 Å².